The molecular formula is C20H20FN3O2S. The average molecular weight is 385 g/mol. The van der Waals surface area contributed by atoms with Crippen LogP contribution in [0.2, 0.25) is 0 Å². The van der Waals surface area contributed by atoms with Crippen LogP contribution >= 0.6 is 11.8 Å². The fourth-order valence-corrected chi connectivity index (χ4v) is 3.51. The number of hydrogen-bond acceptors (Lipinski definition) is 5. The van der Waals surface area contributed by atoms with Gasteiger partial charge in [-0.25, -0.2) is 4.39 Å². The standard InChI is InChI=1S/C20H20FN3O2S/c1-14-5-3-7-16(11-14)19-22-23-20(24(19)9-10-26-2)27-13-18(25)15-6-4-8-17(21)12-15/h3-8,11-12H,9-10,13H2,1-2H3. The molecule has 1 heterocycles. The van der Waals surface area contributed by atoms with Crippen molar-refractivity contribution in [1.29, 1.82) is 0 Å². The van der Waals surface area contributed by atoms with Gasteiger partial charge in [0.15, 0.2) is 16.8 Å². The maximum atomic E-state index is 13.3. The normalized spacial score (nSPS) is 10.9. The van der Waals surface area contributed by atoms with Crippen LogP contribution in [0.25, 0.3) is 11.4 Å². The molecule has 0 radical (unpaired) electrons. The number of carbonyl (C=O) groups is 1. The lowest BCUT2D eigenvalue weighted by atomic mass is 10.1. The van der Waals surface area contributed by atoms with Crippen molar-refractivity contribution in [3.63, 3.8) is 0 Å². The Morgan fingerprint density at radius 1 is 1.19 bits per heavy atom. The third-order valence-corrected chi connectivity index (χ3v) is 4.96. The average Bonchev–Trinajstić information content (AvgIpc) is 3.07. The van der Waals surface area contributed by atoms with E-state index in [2.05, 4.69) is 10.2 Å². The second kappa shape index (κ2) is 8.92. The molecule has 1 aromatic heterocycles. The highest BCUT2D eigenvalue weighted by atomic mass is 32.2. The molecule has 0 saturated carbocycles. The van der Waals surface area contributed by atoms with Crippen molar-refractivity contribution in [3.8, 4) is 11.4 Å². The molecule has 0 amide bonds. The minimum atomic E-state index is -0.421. The van der Waals surface area contributed by atoms with Gasteiger partial charge in [-0.1, -0.05) is 47.7 Å². The molecule has 0 fully saturated rings. The van der Waals surface area contributed by atoms with Crippen LogP contribution in [0, 0.1) is 12.7 Å². The Kier molecular flexibility index (Phi) is 6.36. The molecule has 0 unspecified atom stereocenters. The van der Waals surface area contributed by atoms with Gasteiger partial charge in [-0.3, -0.25) is 9.36 Å². The quantitative estimate of drug-likeness (QED) is 0.433. The van der Waals surface area contributed by atoms with Gasteiger partial charge >= 0.3 is 0 Å². The lowest BCUT2D eigenvalue weighted by Crippen LogP contribution is -2.09. The van der Waals surface area contributed by atoms with Gasteiger partial charge in [0.2, 0.25) is 0 Å². The lowest BCUT2D eigenvalue weighted by molar-refractivity contribution is 0.102. The first-order chi connectivity index (χ1) is 13.1. The second-order valence-corrected chi connectivity index (χ2v) is 6.98. The number of ketones is 1. The molecule has 0 bridgehead atoms. The number of halogens is 1. The van der Waals surface area contributed by atoms with E-state index in [1.54, 1.807) is 13.2 Å². The number of aromatic nitrogens is 3. The van der Waals surface area contributed by atoms with Crippen molar-refractivity contribution in [3.05, 3.63) is 65.5 Å². The minimum Gasteiger partial charge on any atom is -0.383 e. The highest BCUT2D eigenvalue weighted by Gasteiger charge is 2.16. The van der Waals surface area contributed by atoms with E-state index in [9.17, 15) is 9.18 Å². The van der Waals surface area contributed by atoms with E-state index in [0.29, 0.717) is 23.9 Å². The summed E-state index contributed by atoms with van der Waals surface area (Å²) in [5, 5.41) is 9.20. The van der Waals surface area contributed by atoms with Crippen LogP contribution in [0.5, 0.6) is 0 Å². The summed E-state index contributed by atoms with van der Waals surface area (Å²) in [4.78, 5) is 12.3. The largest absolute Gasteiger partial charge is 0.383 e. The third-order valence-electron chi connectivity index (χ3n) is 3.99. The molecule has 0 N–H and O–H groups in total. The summed E-state index contributed by atoms with van der Waals surface area (Å²) in [5.41, 5.74) is 2.44. The van der Waals surface area contributed by atoms with Gasteiger partial charge < -0.3 is 4.74 Å². The molecule has 0 aliphatic carbocycles. The summed E-state index contributed by atoms with van der Waals surface area (Å²) in [5.74, 6) is 0.313. The van der Waals surface area contributed by atoms with E-state index in [4.69, 9.17) is 4.74 Å². The fraction of sp³-hybridized carbons (Fsp3) is 0.250. The molecule has 2 aromatic carbocycles. The van der Waals surface area contributed by atoms with Crippen LogP contribution in [0.4, 0.5) is 4.39 Å². The van der Waals surface area contributed by atoms with Crippen molar-refractivity contribution in [2.45, 2.75) is 18.6 Å². The Morgan fingerprint density at radius 3 is 2.74 bits per heavy atom. The molecule has 0 spiro atoms. The van der Waals surface area contributed by atoms with Crippen molar-refractivity contribution in [2.24, 2.45) is 0 Å². The molecule has 0 aliphatic rings. The van der Waals surface area contributed by atoms with Gasteiger partial charge in [-0.15, -0.1) is 10.2 Å². The van der Waals surface area contributed by atoms with Crippen LogP contribution in [0.1, 0.15) is 15.9 Å². The first-order valence-electron chi connectivity index (χ1n) is 8.49. The van der Waals surface area contributed by atoms with Crippen LogP contribution in [-0.4, -0.2) is 40.0 Å². The summed E-state index contributed by atoms with van der Waals surface area (Å²) in [6.07, 6.45) is 0. The maximum Gasteiger partial charge on any atom is 0.192 e. The molecule has 140 valence electrons. The van der Waals surface area contributed by atoms with Crippen LogP contribution in [-0.2, 0) is 11.3 Å². The lowest BCUT2D eigenvalue weighted by Gasteiger charge is -2.10. The number of methoxy groups -OCH3 is 1. The molecule has 27 heavy (non-hydrogen) atoms. The van der Waals surface area contributed by atoms with Gasteiger partial charge in [0.25, 0.3) is 0 Å². The zero-order chi connectivity index (χ0) is 19.2. The number of rotatable bonds is 8. The minimum absolute atomic E-state index is 0.155. The predicted octanol–water partition coefficient (Wildman–Crippen LogP) is 4.01. The number of ether oxygens (including phenoxy) is 1. The Balaban J connectivity index is 1.81. The SMILES string of the molecule is COCCn1c(SCC(=O)c2cccc(F)c2)nnc1-c1cccc(C)c1. The Hall–Kier alpha value is -2.51. The summed E-state index contributed by atoms with van der Waals surface area (Å²) >= 11 is 1.29. The van der Waals surface area contributed by atoms with E-state index in [0.717, 1.165) is 17.0 Å². The van der Waals surface area contributed by atoms with Crippen molar-refractivity contribution >= 4 is 17.5 Å². The van der Waals surface area contributed by atoms with Gasteiger partial charge in [0.1, 0.15) is 5.82 Å². The molecule has 7 heteroatoms. The monoisotopic (exact) mass is 385 g/mol. The van der Waals surface area contributed by atoms with Crippen LogP contribution < -0.4 is 0 Å². The van der Waals surface area contributed by atoms with E-state index in [-0.39, 0.29) is 11.5 Å². The summed E-state index contributed by atoms with van der Waals surface area (Å²) in [7, 11) is 1.64. The summed E-state index contributed by atoms with van der Waals surface area (Å²) in [6, 6.07) is 13.7. The number of carbonyl (C=O) groups excluding carboxylic acids is 1. The molecule has 0 saturated heterocycles. The van der Waals surface area contributed by atoms with E-state index in [1.807, 2.05) is 35.8 Å². The maximum absolute atomic E-state index is 13.3. The molecule has 3 rings (SSSR count). The van der Waals surface area contributed by atoms with E-state index in [1.165, 1.54) is 30.0 Å². The van der Waals surface area contributed by atoms with E-state index < -0.39 is 5.82 Å². The van der Waals surface area contributed by atoms with Crippen molar-refractivity contribution in [2.75, 3.05) is 19.5 Å². The number of nitrogens with zero attached hydrogens (tertiary/aromatic N) is 3. The zero-order valence-electron chi connectivity index (χ0n) is 15.2. The van der Waals surface area contributed by atoms with E-state index >= 15 is 0 Å². The van der Waals surface area contributed by atoms with Crippen LogP contribution in [0.3, 0.4) is 0 Å². The molecule has 3 aromatic rings. The number of thioether (sulfide) groups is 1. The summed E-state index contributed by atoms with van der Waals surface area (Å²) in [6.45, 7) is 3.10. The number of aryl methyl sites for hydroxylation is 1. The Morgan fingerprint density at radius 2 is 2.00 bits per heavy atom. The summed E-state index contributed by atoms with van der Waals surface area (Å²) < 4.78 is 20.5. The molecule has 5 nitrogen and oxygen atoms in total. The first-order valence-corrected chi connectivity index (χ1v) is 9.48. The van der Waals surface area contributed by atoms with Gasteiger partial charge in [-0.05, 0) is 25.1 Å². The highest BCUT2D eigenvalue weighted by Crippen LogP contribution is 2.25. The topological polar surface area (TPSA) is 57.0 Å². The number of hydrogen-bond donors (Lipinski definition) is 0. The number of Topliss-reactive ketones (excluding diaryl/α,β-unsaturated/α-hetero) is 1. The fourth-order valence-electron chi connectivity index (χ4n) is 2.65. The van der Waals surface area contributed by atoms with Crippen molar-refractivity contribution < 1.29 is 13.9 Å². The Bertz CT molecular complexity index is 942. The molecule has 0 aliphatic heterocycles. The second-order valence-electron chi connectivity index (χ2n) is 6.04. The number of benzene rings is 2. The highest BCUT2D eigenvalue weighted by molar-refractivity contribution is 7.99. The third kappa shape index (κ3) is 4.81. The van der Waals surface area contributed by atoms with Gasteiger partial charge in [0.05, 0.1) is 18.9 Å². The van der Waals surface area contributed by atoms with Crippen molar-refractivity contribution in [1.82, 2.24) is 14.8 Å². The first kappa shape index (κ1) is 19.3. The predicted molar refractivity (Wildman–Crippen MR) is 104 cm³/mol. The van der Waals surface area contributed by atoms with Crippen LogP contribution in [0.15, 0.2) is 53.7 Å². The smallest absolute Gasteiger partial charge is 0.192 e. The molecule has 0 atom stereocenters. The molecular weight excluding hydrogens is 365 g/mol. The van der Waals surface area contributed by atoms with Gasteiger partial charge in [-0.2, -0.15) is 0 Å². The Labute approximate surface area is 161 Å². The zero-order valence-corrected chi connectivity index (χ0v) is 16.0. The van der Waals surface area contributed by atoms with Gasteiger partial charge in [0, 0.05) is 18.2 Å².